The number of aromatic nitrogens is 2. The predicted molar refractivity (Wildman–Crippen MR) is 87.5 cm³/mol. The molecular weight excluding hydrogens is 266 g/mol. The molecule has 1 N–H and O–H groups in total. The molecule has 0 aliphatic heterocycles. The Labute approximate surface area is 127 Å². The minimum Gasteiger partial charge on any atom is -0.370 e. The fraction of sp³-hybridized carbons (Fsp3) is 0.750. The summed E-state index contributed by atoms with van der Waals surface area (Å²) in [7, 11) is 0. The molecule has 1 aliphatic rings. The van der Waals surface area contributed by atoms with E-state index in [1.165, 1.54) is 36.3 Å². The van der Waals surface area contributed by atoms with Gasteiger partial charge in [-0.2, -0.15) is 0 Å². The van der Waals surface area contributed by atoms with Crippen molar-refractivity contribution in [1.29, 1.82) is 0 Å². The van der Waals surface area contributed by atoms with E-state index in [2.05, 4.69) is 36.1 Å². The number of hydrogen-bond donors (Lipinski definition) is 1. The molecule has 1 heterocycles. The average molecular weight is 293 g/mol. The molecule has 2 atom stereocenters. The highest BCUT2D eigenvalue weighted by molar-refractivity contribution is 7.99. The molecular formula is C16H27N3S. The second kappa shape index (κ2) is 7.87. The van der Waals surface area contributed by atoms with Crippen LogP contribution in [0.5, 0.6) is 0 Å². The zero-order chi connectivity index (χ0) is 14.4. The van der Waals surface area contributed by atoms with Crippen LogP contribution in [0.1, 0.15) is 58.4 Å². The minimum absolute atomic E-state index is 0.735. The molecule has 0 bridgehead atoms. The van der Waals surface area contributed by atoms with Gasteiger partial charge in [0.1, 0.15) is 17.2 Å². The lowest BCUT2D eigenvalue weighted by atomic mass is 9.91. The summed E-state index contributed by atoms with van der Waals surface area (Å²) in [5.74, 6) is 1.90. The Morgan fingerprint density at radius 1 is 1.30 bits per heavy atom. The molecule has 0 amide bonds. The van der Waals surface area contributed by atoms with Crippen molar-refractivity contribution in [3.8, 4) is 0 Å². The van der Waals surface area contributed by atoms with Crippen molar-refractivity contribution in [2.75, 3.05) is 11.9 Å². The van der Waals surface area contributed by atoms with Gasteiger partial charge in [0, 0.05) is 17.4 Å². The summed E-state index contributed by atoms with van der Waals surface area (Å²) in [6.07, 6.45) is 9.34. The lowest BCUT2D eigenvalue weighted by Gasteiger charge is -2.26. The third kappa shape index (κ3) is 4.11. The third-order valence-corrected chi connectivity index (χ3v) is 5.25. The lowest BCUT2D eigenvalue weighted by Crippen LogP contribution is -2.16. The summed E-state index contributed by atoms with van der Waals surface area (Å²) in [6, 6.07) is 0. The van der Waals surface area contributed by atoms with E-state index in [0.717, 1.165) is 36.4 Å². The van der Waals surface area contributed by atoms with Crippen molar-refractivity contribution in [2.24, 2.45) is 5.92 Å². The van der Waals surface area contributed by atoms with Crippen LogP contribution >= 0.6 is 11.8 Å². The number of nitrogens with zero attached hydrogens (tertiary/aromatic N) is 2. The number of anilines is 1. The van der Waals surface area contributed by atoms with Crippen LogP contribution in [0.15, 0.2) is 11.4 Å². The fourth-order valence-corrected chi connectivity index (χ4v) is 4.41. The van der Waals surface area contributed by atoms with Crippen molar-refractivity contribution in [2.45, 2.75) is 69.6 Å². The van der Waals surface area contributed by atoms with Gasteiger partial charge in [-0.15, -0.1) is 11.8 Å². The van der Waals surface area contributed by atoms with Gasteiger partial charge in [-0.3, -0.25) is 0 Å². The molecule has 20 heavy (non-hydrogen) atoms. The molecule has 3 nitrogen and oxygen atoms in total. The Bertz CT molecular complexity index is 422. The number of thioether (sulfide) groups is 1. The molecule has 1 fully saturated rings. The van der Waals surface area contributed by atoms with Gasteiger partial charge in [0.05, 0.1) is 0 Å². The topological polar surface area (TPSA) is 37.8 Å². The van der Waals surface area contributed by atoms with Crippen LogP contribution in [0, 0.1) is 5.92 Å². The molecule has 4 heteroatoms. The van der Waals surface area contributed by atoms with E-state index >= 15 is 0 Å². The van der Waals surface area contributed by atoms with Crippen LogP contribution in [-0.2, 0) is 6.42 Å². The fourth-order valence-electron chi connectivity index (χ4n) is 2.94. The second-order valence-corrected chi connectivity index (χ2v) is 7.09. The van der Waals surface area contributed by atoms with Crippen LogP contribution in [0.25, 0.3) is 0 Å². The zero-order valence-corrected chi connectivity index (χ0v) is 13.8. The molecule has 0 radical (unpaired) electrons. The molecule has 1 saturated carbocycles. The molecule has 2 rings (SSSR count). The standard InChI is InChI=1S/C16H27N3S/c1-4-7-14-15(17-5-2)18-11-19-16(14)20-13-9-6-8-12(3)10-13/h11-13H,4-10H2,1-3H3,(H,17,18,19). The maximum absolute atomic E-state index is 4.57. The Kier molecular flexibility index (Phi) is 6.14. The van der Waals surface area contributed by atoms with E-state index in [9.17, 15) is 0 Å². The highest BCUT2D eigenvalue weighted by Gasteiger charge is 2.22. The van der Waals surface area contributed by atoms with Crippen molar-refractivity contribution >= 4 is 17.6 Å². The summed E-state index contributed by atoms with van der Waals surface area (Å²) in [4.78, 5) is 8.99. The zero-order valence-electron chi connectivity index (χ0n) is 13.0. The summed E-state index contributed by atoms with van der Waals surface area (Å²) in [5, 5.41) is 5.32. The van der Waals surface area contributed by atoms with Gasteiger partial charge >= 0.3 is 0 Å². The highest BCUT2D eigenvalue weighted by atomic mass is 32.2. The Morgan fingerprint density at radius 3 is 2.85 bits per heavy atom. The first-order valence-corrected chi connectivity index (χ1v) is 8.86. The maximum Gasteiger partial charge on any atom is 0.133 e. The molecule has 0 saturated heterocycles. The number of hydrogen-bond acceptors (Lipinski definition) is 4. The summed E-state index contributed by atoms with van der Waals surface area (Å²) in [5.41, 5.74) is 1.32. The van der Waals surface area contributed by atoms with E-state index in [1.54, 1.807) is 6.33 Å². The highest BCUT2D eigenvalue weighted by Crippen LogP contribution is 2.37. The second-order valence-electron chi connectivity index (χ2n) is 5.80. The summed E-state index contributed by atoms with van der Waals surface area (Å²) < 4.78 is 0. The van der Waals surface area contributed by atoms with E-state index in [-0.39, 0.29) is 0 Å². The Balaban J connectivity index is 2.14. The van der Waals surface area contributed by atoms with Gasteiger partial charge in [-0.05, 0) is 32.1 Å². The largest absolute Gasteiger partial charge is 0.370 e. The van der Waals surface area contributed by atoms with Crippen molar-refractivity contribution < 1.29 is 0 Å². The van der Waals surface area contributed by atoms with Crippen molar-refractivity contribution in [3.63, 3.8) is 0 Å². The monoisotopic (exact) mass is 293 g/mol. The molecule has 0 aromatic carbocycles. The van der Waals surface area contributed by atoms with Crippen molar-refractivity contribution in [3.05, 3.63) is 11.9 Å². The van der Waals surface area contributed by atoms with Crippen LogP contribution in [-0.4, -0.2) is 21.8 Å². The number of nitrogens with one attached hydrogen (secondary N) is 1. The smallest absolute Gasteiger partial charge is 0.133 e. The Hall–Kier alpha value is -0.770. The molecule has 1 aromatic rings. The number of rotatable bonds is 6. The van der Waals surface area contributed by atoms with Crippen LogP contribution in [0.4, 0.5) is 5.82 Å². The first-order valence-electron chi connectivity index (χ1n) is 7.99. The summed E-state index contributed by atoms with van der Waals surface area (Å²) in [6.45, 7) is 7.63. The maximum atomic E-state index is 4.57. The normalized spacial score (nSPS) is 22.8. The van der Waals surface area contributed by atoms with Gasteiger partial charge in [-0.1, -0.05) is 33.1 Å². The SMILES string of the molecule is CCCc1c(NCC)ncnc1SC1CCCC(C)C1. The lowest BCUT2D eigenvalue weighted by molar-refractivity contribution is 0.394. The van der Waals surface area contributed by atoms with Gasteiger partial charge < -0.3 is 5.32 Å². The minimum atomic E-state index is 0.735. The molecule has 2 unspecified atom stereocenters. The quantitative estimate of drug-likeness (QED) is 0.782. The first-order chi connectivity index (χ1) is 9.74. The molecule has 1 aromatic heterocycles. The van der Waals surface area contributed by atoms with Crippen LogP contribution < -0.4 is 5.32 Å². The van der Waals surface area contributed by atoms with E-state index in [4.69, 9.17) is 0 Å². The summed E-state index contributed by atoms with van der Waals surface area (Å²) >= 11 is 1.98. The van der Waals surface area contributed by atoms with Gasteiger partial charge in [0.25, 0.3) is 0 Å². The molecule has 112 valence electrons. The molecule has 0 spiro atoms. The molecule has 1 aliphatic carbocycles. The van der Waals surface area contributed by atoms with Gasteiger partial charge in [0.15, 0.2) is 0 Å². The van der Waals surface area contributed by atoms with Gasteiger partial charge in [0.2, 0.25) is 0 Å². The third-order valence-electron chi connectivity index (χ3n) is 3.92. The van der Waals surface area contributed by atoms with Crippen LogP contribution in [0.3, 0.4) is 0 Å². The van der Waals surface area contributed by atoms with E-state index in [1.807, 2.05) is 11.8 Å². The first kappa shape index (κ1) is 15.6. The predicted octanol–water partition coefficient (Wildman–Crippen LogP) is 4.53. The van der Waals surface area contributed by atoms with E-state index in [0.29, 0.717) is 0 Å². The Morgan fingerprint density at radius 2 is 2.15 bits per heavy atom. The van der Waals surface area contributed by atoms with E-state index < -0.39 is 0 Å². The van der Waals surface area contributed by atoms with Crippen molar-refractivity contribution in [1.82, 2.24) is 9.97 Å². The average Bonchev–Trinajstić information content (AvgIpc) is 2.43. The van der Waals surface area contributed by atoms with Crippen LogP contribution in [0.2, 0.25) is 0 Å². The van der Waals surface area contributed by atoms with Gasteiger partial charge in [-0.25, -0.2) is 9.97 Å².